The minimum atomic E-state index is -0.473. The Kier molecular flexibility index (Phi) is 11.8. The maximum Gasteiger partial charge on any atom is 0.407 e. The molecule has 7 nitrogen and oxygen atoms in total. The molecule has 0 bridgehead atoms. The van der Waals surface area contributed by atoms with Gasteiger partial charge in [-0.05, 0) is 27.2 Å². The molecule has 1 rings (SSSR count). The van der Waals surface area contributed by atoms with E-state index in [9.17, 15) is 4.79 Å². The summed E-state index contributed by atoms with van der Waals surface area (Å²) in [6, 6.07) is 0. The number of aromatic nitrogens is 1. The van der Waals surface area contributed by atoms with Gasteiger partial charge in [-0.2, -0.15) is 0 Å². The number of ether oxygens (including phenoxy) is 1. The highest BCUT2D eigenvalue weighted by molar-refractivity contribution is 14.0. The maximum absolute atomic E-state index is 11.5. The number of carbonyl (C=O) groups excluding carboxylic acids is 1. The predicted octanol–water partition coefficient (Wildman–Crippen LogP) is 3.46. The van der Waals surface area contributed by atoms with Crippen LogP contribution in [0.15, 0.2) is 10.4 Å². The zero-order valence-corrected chi connectivity index (χ0v) is 19.7. The zero-order chi connectivity index (χ0) is 18.9. The number of amides is 1. The summed E-state index contributed by atoms with van der Waals surface area (Å²) in [7, 11) is 1.73. The second-order valence-electron chi connectivity index (χ2n) is 6.97. The molecule has 0 radical (unpaired) electrons. The summed E-state index contributed by atoms with van der Waals surface area (Å²) in [5.41, 5.74) is 0.544. The third-order valence-electron chi connectivity index (χ3n) is 3.04. The molecule has 0 spiro atoms. The van der Waals surface area contributed by atoms with E-state index in [0.717, 1.165) is 23.1 Å². The van der Waals surface area contributed by atoms with Gasteiger partial charge in [0.05, 0.1) is 17.2 Å². The molecule has 0 aliphatic carbocycles. The van der Waals surface area contributed by atoms with E-state index in [1.165, 1.54) is 0 Å². The van der Waals surface area contributed by atoms with E-state index in [4.69, 9.17) is 4.74 Å². The van der Waals surface area contributed by atoms with Crippen molar-refractivity contribution in [2.45, 2.75) is 59.1 Å². The molecule has 0 atom stereocenters. The van der Waals surface area contributed by atoms with E-state index < -0.39 is 5.60 Å². The van der Waals surface area contributed by atoms with Crippen LogP contribution in [-0.2, 0) is 11.3 Å². The highest BCUT2D eigenvalue weighted by Crippen LogP contribution is 2.18. The Morgan fingerprint density at radius 2 is 1.92 bits per heavy atom. The van der Waals surface area contributed by atoms with Crippen molar-refractivity contribution in [2.24, 2.45) is 4.99 Å². The molecule has 0 saturated heterocycles. The summed E-state index contributed by atoms with van der Waals surface area (Å²) in [6.45, 7) is 11.7. The van der Waals surface area contributed by atoms with Gasteiger partial charge in [-0.25, -0.2) is 9.78 Å². The molecule has 1 aromatic rings. The molecule has 1 heterocycles. The SMILES string of the molecule is CN=C(NCCCNC(=O)OC(C)(C)C)NCc1csc(C(C)C)n1.I. The Labute approximate surface area is 177 Å². The Hall–Kier alpha value is -1.10. The lowest BCUT2D eigenvalue weighted by Gasteiger charge is -2.19. The molecule has 1 amide bonds. The molecule has 0 unspecified atom stereocenters. The monoisotopic (exact) mass is 497 g/mol. The van der Waals surface area contributed by atoms with Gasteiger partial charge < -0.3 is 20.7 Å². The van der Waals surface area contributed by atoms with Crippen molar-refractivity contribution in [3.8, 4) is 0 Å². The van der Waals surface area contributed by atoms with Crippen LogP contribution in [-0.4, -0.2) is 42.8 Å². The van der Waals surface area contributed by atoms with Crippen molar-refractivity contribution < 1.29 is 9.53 Å². The van der Waals surface area contributed by atoms with Gasteiger partial charge in [-0.1, -0.05) is 13.8 Å². The van der Waals surface area contributed by atoms with Crippen molar-refractivity contribution in [3.63, 3.8) is 0 Å². The van der Waals surface area contributed by atoms with Gasteiger partial charge in [0.2, 0.25) is 0 Å². The molecule has 0 saturated carbocycles. The van der Waals surface area contributed by atoms with E-state index in [-0.39, 0.29) is 30.1 Å². The standard InChI is InChI=1S/C17H31N5O2S.HI/c1-12(2)14-22-13(11-25-14)10-21-15(18-6)19-8-7-9-20-16(23)24-17(3,4)5;/h11-12H,7-10H2,1-6H3,(H,20,23)(H2,18,19,21);1H. The smallest absolute Gasteiger partial charge is 0.407 e. The lowest BCUT2D eigenvalue weighted by molar-refractivity contribution is 0.0527. The van der Waals surface area contributed by atoms with Gasteiger partial charge in [0.1, 0.15) is 5.60 Å². The normalized spacial score (nSPS) is 11.7. The van der Waals surface area contributed by atoms with Crippen LogP contribution in [0.1, 0.15) is 57.7 Å². The number of carbonyl (C=O) groups is 1. The summed E-state index contributed by atoms with van der Waals surface area (Å²) in [4.78, 5) is 20.3. The minimum Gasteiger partial charge on any atom is -0.444 e. The van der Waals surface area contributed by atoms with Crippen LogP contribution < -0.4 is 16.0 Å². The molecule has 0 aromatic carbocycles. The molecule has 0 aliphatic rings. The highest BCUT2D eigenvalue weighted by atomic mass is 127. The predicted molar refractivity (Wildman–Crippen MR) is 119 cm³/mol. The first kappa shape index (κ1) is 24.9. The van der Waals surface area contributed by atoms with Gasteiger partial charge in [0, 0.05) is 31.4 Å². The van der Waals surface area contributed by atoms with Crippen LogP contribution in [0.25, 0.3) is 0 Å². The number of nitrogens with one attached hydrogen (secondary N) is 3. The van der Waals surface area contributed by atoms with Crippen LogP contribution in [0.4, 0.5) is 4.79 Å². The number of alkyl carbamates (subject to hydrolysis) is 1. The number of guanidine groups is 1. The molecule has 26 heavy (non-hydrogen) atoms. The van der Waals surface area contributed by atoms with Crippen molar-refractivity contribution in [3.05, 3.63) is 16.1 Å². The number of hydrogen-bond acceptors (Lipinski definition) is 5. The largest absolute Gasteiger partial charge is 0.444 e. The quantitative estimate of drug-likeness (QED) is 0.233. The number of halogens is 1. The fourth-order valence-corrected chi connectivity index (χ4v) is 2.70. The fourth-order valence-electron chi connectivity index (χ4n) is 1.86. The third-order valence-corrected chi connectivity index (χ3v) is 4.23. The third kappa shape index (κ3) is 10.8. The number of aliphatic imine (C=N–C) groups is 1. The van der Waals surface area contributed by atoms with Crippen LogP contribution >= 0.6 is 35.3 Å². The summed E-state index contributed by atoms with van der Waals surface area (Å²) in [5.74, 6) is 1.17. The second kappa shape index (κ2) is 12.3. The van der Waals surface area contributed by atoms with E-state index in [0.29, 0.717) is 25.6 Å². The van der Waals surface area contributed by atoms with Gasteiger partial charge >= 0.3 is 6.09 Å². The van der Waals surface area contributed by atoms with Crippen LogP contribution in [0.2, 0.25) is 0 Å². The Morgan fingerprint density at radius 3 is 2.46 bits per heavy atom. The van der Waals surface area contributed by atoms with Crippen LogP contribution in [0.5, 0.6) is 0 Å². The van der Waals surface area contributed by atoms with Crippen molar-refractivity contribution in [1.29, 1.82) is 0 Å². The molecule has 1 aromatic heterocycles. The summed E-state index contributed by atoms with van der Waals surface area (Å²) in [5, 5.41) is 12.4. The topological polar surface area (TPSA) is 87.6 Å². The summed E-state index contributed by atoms with van der Waals surface area (Å²) < 4.78 is 5.18. The molecule has 9 heteroatoms. The highest BCUT2D eigenvalue weighted by Gasteiger charge is 2.15. The number of nitrogens with zero attached hydrogens (tertiary/aromatic N) is 2. The zero-order valence-electron chi connectivity index (χ0n) is 16.5. The van der Waals surface area contributed by atoms with Crippen molar-refractivity contribution in [2.75, 3.05) is 20.1 Å². The summed E-state index contributed by atoms with van der Waals surface area (Å²) >= 11 is 1.68. The molecule has 0 aliphatic heterocycles. The van der Waals surface area contributed by atoms with E-state index in [2.05, 4.69) is 45.2 Å². The van der Waals surface area contributed by atoms with Crippen LogP contribution in [0, 0.1) is 0 Å². The van der Waals surface area contributed by atoms with Crippen molar-refractivity contribution >= 4 is 47.4 Å². The Morgan fingerprint density at radius 1 is 1.27 bits per heavy atom. The number of rotatable bonds is 7. The lowest BCUT2D eigenvalue weighted by atomic mass is 10.2. The summed E-state index contributed by atoms with van der Waals surface area (Å²) in [6.07, 6.45) is 0.383. The van der Waals surface area contributed by atoms with E-state index in [1.807, 2.05) is 20.8 Å². The molecular formula is C17H32IN5O2S. The first-order valence-electron chi connectivity index (χ1n) is 8.57. The van der Waals surface area contributed by atoms with Crippen molar-refractivity contribution in [1.82, 2.24) is 20.9 Å². The number of hydrogen-bond donors (Lipinski definition) is 3. The molecule has 3 N–H and O–H groups in total. The van der Waals surface area contributed by atoms with Gasteiger partial charge in [0.25, 0.3) is 0 Å². The molecule has 0 fully saturated rings. The van der Waals surface area contributed by atoms with Gasteiger partial charge in [-0.15, -0.1) is 35.3 Å². The average molecular weight is 497 g/mol. The van der Waals surface area contributed by atoms with Gasteiger partial charge in [-0.3, -0.25) is 4.99 Å². The molecular weight excluding hydrogens is 465 g/mol. The molecule has 150 valence electrons. The Balaban J connectivity index is 0.00000625. The van der Waals surface area contributed by atoms with E-state index >= 15 is 0 Å². The first-order valence-corrected chi connectivity index (χ1v) is 9.45. The lowest BCUT2D eigenvalue weighted by Crippen LogP contribution is -2.39. The maximum atomic E-state index is 11.5. The van der Waals surface area contributed by atoms with E-state index in [1.54, 1.807) is 18.4 Å². The van der Waals surface area contributed by atoms with Crippen LogP contribution in [0.3, 0.4) is 0 Å². The Bertz CT molecular complexity index is 570. The number of thiazole rings is 1. The average Bonchev–Trinajstić information content (AvgIpc) is 2.97. The first-order chi connectivity index (χ1) is 11.7. The van der Waals surface area contributed by atoms with Gasteiger partial charge in [0.15, 0.2) is 5.96 Å². The fraction of sp³-hybridized carbons (Fsp3) is 0.706. The minimum absolute atomic E-state index is 0. The second-order valence-corrected chi connectivity index (χ2v) is 7.86.